The summed E-state index contributed by atoms with van der Waals surface area (Å²) in [6, 6.07) is 8.08. The molecule has 220 valence electrons. The van der Waals surface area contributed by atoms with Gasteiger partial charge in [-0.15, -0.1) is 0 Å². The first kappa shape index (κ1) is 31.1. The molecule has 1 aromatic carbocycles. The van der Waals surface area contributed by atoms with E-state index in [1.54, 1.807) is 24.3 Å². The number of aromatic nitrogens is 1. The molecule has 2 aliphatic heterocycles. The largest absolute Gasteiger partial charge is 0.490 e. The molecule has 1 aromatic heterocycles. The van der Waals surface area contributed by atoms with E-state index in [-0.39, 0.29) is 16.1 Å². The van der Waals surface area contributed by atoms with Crippen LogP contribution in [-0.4, -0.2) is 79.4 Å². The van der Waals surface area contributed by atoms with Gasteiger partial charge in [-0.25, -0.2) is 23.0 Å². The Morgan fingerprint density at radius 3 is 2.25 bits per heavy atom. The highest BCUT2D eigenvalue weighted by atomic mass is 32.2. The van der Waals surface area contributed by atoms with Gasteiger partial charge in [0.1, 0.15) is 0 Å². The fraction of sp³-hybridized carbons (Fsp3) is 0.500. The molecule has 14 heteroatoms. The number of nitrogens with zero attached hydrogens (tertiary/aromatic N) is 3. The summed E-state index contributed by atoms with van der Waals surface area (Å²) >= 11 is 0. The molecule has 3 N–H and O–H groups in total. The van der Waals surface area contributed by atoms with Crippen molar-refractivity contribution in [2.75, 3.05) is 42.3 Å². The number of hydrogen-bond donors (Lipinski definition) is 3. The Balaban J connectivity index is 0.000000559. The summed E-state index contributed by atoms with van der Waals surface area (Å²) in [6.07, 6.45) is 1.65. The number of halogens is 3. The predicted molar refractivity (Wildman–Crippen MR) is 142 cm³/mol. The second-order valence-corrected chi connectivity index (χ2v) is 11.5. The Morgan fingerprint density at radius 1 is 1.07 bits per heavy atom. The fourth-order valence-corrected chi connectivity index (χ4v) is 5.80. The molecule has 3 heterocycles. The van der Waals surface area contributed by atoms with Gasteiger partial charge in [-0.3, -0.25) is 4.72 Å². The lowest BCUT2D eigenvalue weighted by atomic mass is 9.97. The Kier molecular flexibility index (Phi) is 10.4. The summed E-state index contributed by atoms with van der Waals surface area (Å²) in [4.78, 5) is 29.6. The van der Waals surface area contributed by atoms with Crippen LogP contribution in [0.15, 0.2) is 41.4 Å². The number of alkyl halides is 3. The second-order valence-electron chi connectivity index (χ2n) is 9.77. The molecule has 0 saturated carbocycles. The SMILES string of the molecule is CCc1ccc(S(=O)(=O)Nc2cc(C(=O)O)cnc2N2CCCC(CN3CCCC3)C2)cc1.O=C(O)C(F)(F)F. The third kappa shape index (κ3) is 8.55. The fourth-order valence-electron chi connectivity index (χ4n) is 4.75. The van der Waals surface area contributed by atoms with Crippen molar-refractivity contribution >= 4 is 33.5 Å². The van der Waals surface area contributed by atoms with Crippen molar-refractivity contribution in [3.8, 4) is 0 Å². The summed E-state index contributed by atoms with van der Waals surface area (Å²) in [5.41, 5.74) is 1.20. The number of aryl methyl sites for hydroxylation is 1. The van der Waals surface area contributed by atoms with Gasteiger partial charge in [0, 0.05) is 25.8 Å². The van der Waals surface area contributed by atoms with Crippen LogP contribution in [0.3, 0.4) is 0 Å². The van der Waals surface area contributed by atoms with Crippen molar-refractivity contribution in [2.45, 2.75) is 50.1 Å². The molecule has 0 bridgehead atoms. The number of rotatable bonds is 8. The van der Waals surface area contributed by atoms with Gasteiger partial charge >= 0.3 is 18.1 Å². The summed E-state index contributed by atoms with van der Waals surface area (Å²) in [6.45, 7) is 6.86. The summed E-state index contributed by atoms with van der Waals surface area (Å²) in [7, 11) is -3.89. The van der Waals surface area contributed by atoms with Crippen molar-refractivity contribution in [3.63, 3.8) is 0 Å². The summed E-state index contributed by atoms with van der Waals surface area (Å²) in [5, 5.41) is 16.6. The van der Waals surface area contributed by atoms with Crippen LogP contribution in [0.2, 0.25) is 0 Å². The van der Waals surface area contributed by atoms with Gasteiger partial charge in [0.25, 0.3) is 10.0 Å². The predicted octanol–water partition coefficient (Wildman–Crippen LogP) is 4.09. The molecule has 1 atom stereocenters. The molecule has 1 unspecified atom stereocenters. The number of benzene rings is 1. The number of nitrogens with one attached hydrogen (secondary N) is 1. The van der Waals surface area contributed by atoms with Crippen molar-refractivity contribution in [2.24, 2.45) is 5.92 Å². The molecule has 2 aliphatic rings. The van der Waals surface area contributed by atoms with Gasteiger partial charge in [-0.1, -0.05) is 19.1 Å². The highest BCUT2D eigenvalue weighted by Crippen LogP contribution is 2.31. The molecule has 0 aliphatic carbocycles. The average Bonchev–Trinajstić information content (AvgIpc) is 3.41. The maximum atomic E-state index is 13.1. The van der Waals surface area contributed by atoms with E-state index in [0.717, 1.165) is 57.5 Å². The Hall–Kier alpha value is -3.39. The van der Waals surface area contributed by atoms with Crippen LogP contribution in [0.5, 0.6) is 0 Å². The van der Waals surface area contributed by atoms with Gasteiger partial charge in [0.2, 0.25) is 0 Å². The van der Waals surface area contributed by atoms with Crippen molar-refractivity contribution in [3.05, 3.63) is 47.7 Å². The van der Waals surface area contributed by atoms with E-state index < -0.39 is 28.1 Å². The van der Waals surface area contributed by atoms with Crippen LogP contribution in [-0.2, 0) is 21.2 Å². The number of carboxylic acid groups (broad SMARTS) is 2. The minimum atomic E-state index is -5.08. The highest BCUT2D eigenvalue weighted by Gasteiger charge is 2.38. The molecule has 4 rings (SSSR count). The van der Waals surface area contributed by atoms with E-state index in [0.29, 0.717) is 11.7 Å². The topological polar surface area (TPSA) is 140 Å². The number of likely N-dealkylation sites (tertiary alicyclic amines) is 1. The molecule has 2 saturated heterocycles. The standard InChI is InChI=1S/C24H32N4O4S.C2HF3O2/c1-2-18-7-9-21(10-8-18)33(31,32)26-22-14-20(24(29)30)15-25-23(22)28-13-5-6-19(17-28)16-27-11-3-4-12-27;3-2(4,5)1(6)7/h7-10,14-15,19,26H,2-6,11-13,16-17H2,1H3,(H,29,30);(H,6,7). The lowest BCUT2D eigenvalue weighted by Crippen LogP contribution is -2.41. The zero-order valence-electron chi connectivity index (χ0n) is 22.0. The van der Waals surface area contributed by atoms with Gasteiger partial charge in [0.05, 0.1) is 16.1 Å². The number of carbonyl (C=O) groups is 2. The molecule has 0 radical (unpaired) electrons. The zero-order chi connectivity index (χ0) is 29.5. The number of hydrogen-bond acceptors (Lipinski definition) is 7. The number of aromatic carboxylic acids is 1. The molecule has 2 fully saturated rings. The maximum Gasteiger partial charge on any atom is 0.490 e. The second kappa shape index (κ2) is 13.3. The molecular weight excluding hydrogens is 553 g/mol. The molecule has 0 spiro atoms. The average molecular weight is 587 g/mol. The van der Waals surface area contributed by atoms with E-state index in [2.05, 4.69) is 19.5 Å². The van der Waals surface area contributed by atoms with Crippen molar-refractivity contribution in [1.82, 2.24) is 9.88 Å². The normalized spacial score (nSPS) is 18.1. The van der Waals surface area contributed by atoms with E-state index >= 15 is 0 Å². The lowest BCUT2D eigenvalue weighted by Gasteiger charge is -2.36. The number of aliphatic carboxylic acids is 1. The first-order chi connectivity index (χ1) is 18.8. The monoisotopic (exact) mass is 586 g/mol. The van der Waals surface area contributed by atoms with Crippen LogP contribution in [0.25, 0.3) is 0 Å². The minimum Gasteiger partial charge on any atom is -0.478 e. The Morgan fingerprint density at radius 2 is 1.70 bits per heavy atom. The third-order valence-electron chi connectivity index (χ3n) is 6.78. The number of sulfonamides is 1. The molecule has 2 aromatic rings. The van der Waals surface area contributed by atoms with E-state index in [9.17, 15) is 31.5 Å². The number of anilines is 2. The Labute approximate surface area is 230 Å². The van der Waals surface area contributed by atoms with Gasteiger partial charge < -0.3 is 20.0 Å². The quantitative estimate of drug-likeness (QED) is 0.417. The Bertz CT molecular complexity index is 1280. The zero-order valence-corrected chi connectivity index (χ0v) is 22.8. The van der Waals surface area contributed by atoms with Gasteiger partial charge in [-0.05, 0) is 74.9 Å². The molecule has 0 amide bonds. The van der Waals surface area contributed by atoms with Gasteiger partial charge in [-0.2, -0.15) is 13.2 Å². The molecule has 40 heavy (non-hydrogen) atoms. The van der Waals surface area contributed by atoms with Crippen molar-refractivity contribution in [1.29, 1.82) is 0 Å². The minimum absolute atomic E-state index is 0.0524. The maximum absolute atomic E-state index is 13.1. The highest BCUT2D eigenvalue weighted by molar-refractivity contribution is 7.92. The van der Waals surface area contributed by atoms with Crippen LogP contribution in [0.4, 0.5) is 24.7 Å². The lowest BCUT2D eigenvalue weighted by molar-refractivity contribution is -0.192. The van der Waals surface area contributed by atoms with Crippen LogP contribution in [0.1, 0.15) is 48.5 Å². The van der Waals surface area contributed by atoms with Crippen LogP contribution < -0.4 is 9.62 Å². The number of pyridine rings is 1. The van der Waals surface area contributed by atoms with Gasteiger partial charge in [0.15, 0.2) is 5.82 Å². The molecular formula is C26H33F3N4O6S. The van der Waals surface area contributed by atoms with Crippen LogP contribution in [0, 0.1) is 5.92 Å². The number of carboxylic acids is 2. The van der Waals surface area contributed by atoms with E-state index in [1.807, 2.05) is 6.92 Å². The molecule has 10 nitrogen and oxygen atoms in total. The van der Waals surface area contributed by atoms with Crippen LogP contribution >= 0.6 is 0 Å². The van der Waals surface area contributed by atoms with Crippen molar-refractivity contribution < 1.29 is 41.4 Å². The first-order valence-corrected chi connectivity index (χ1v) is 14.4. The summed E-state index contributed by atoms with van der Waals surface area (Å²) in [5.74, 6) is -2.94. The smallest absolute Gasteiger partial charge is 0.478 e. The van der Waals surface area contributed by atoms with E-state index in [4.69, 9.17) is 9.90 Å². The third-order valence-corrected chi connectivity index (χ3v) is 8.16. The first-order valence-electron chi connectivity index (χ1n) is 12.9. The van der Waals surface area contributed by atoms with E-state index in [1.165, 1.54) is 25.1 Å². The summed E-state index contributed by atoms with van der Waals surface area (Å²) < 4.78 is 60.6. The number of piperidine rings is 1.